The molecule has 0 radical (unpaired) electrons. The first-order valence-electron chi connectivity index (χ1n) is 4.56. The topological polar surface area (TPSA) is 46.0 Å². The molecule has 0 fully saturated rings. The third-order valence-electron chi connectivity index (χ3n) is 1.90. The normalized spacial score (nSPS) is 10.7. The number of rotatable bonds is 3. The summed E-state index contributed by atoms with van der Waals surface area (Å²) in [5, 5.41) is 18.7. The first-order valence-corrected chi connectivity index (χ1v) is 6.57. The van der Waals surface area contributed by atoms with Gasteiger partial charge in [0.1, 0.15) is 5.01 Å². The molecule has 0 aliphatic rings. The number of hydrogen-bond donors (Lipinski definition) is 1. The summed E-state index contributed by atoms with van der Waals surface area (Å²) in [6.07, 6.45) is 0. The van der Waals surface area contributed by atoms with Crippen molar-refractivity contribution in [2.24, 2.45) is 0 Å². The molecule has 2 rings (SSSR count). The van der Waals surface area contributed by atoms with Gasteiger partial charge in [0.05, 0.1) is 6.61 Å². The van der Waals surface area contributed by atoms with Gasteiger partial charge in [0.15, 0.2) is 4.34 Å². The highest BCUT2D eigenvalue weighted by atomic mass is 35.5. The molecular weight excluding hydrogens is 264 g/mol. The lowest BCUT2D eigenvalue weighted by Gasteiger charge is -2.04. The van der Waals surface area contributed by atoms with Crippen molar-refractivity contribution in [3.8, 4) is 0 Å². The van der Waals surface area contributed by atoms with E-state index in [4.69, 9.17) is 11.6 Å². The summed E-state index contributed by atoms with van der Waals surface area (Å²) in [5.41, 5.74) is 0.849. The van der Waals surface area contributed by atoms with E-state index in [1.54, 1.807) is 6.07 Å². The molecule has 1 aromatic heterocycles. The molecule has 16 heavy (non-hydrogen) atoms. The van der Waals surface area contributed by atoms with Crippen LogP contribution in [-0.2, 0) is 6.61 Å². The zero-order valence-electron chi connectivity index (χ0n) is 8.48. The van der Waals surface area contributed by atoms with Gasteiger partial charge in [-0.15, -0.1) is 10.2 Å². The monoisotopic (exact) mass is 272 g/mol. The second kappa shape index (κ2) is 5.14. The van der Waals surface area contributed by atoms with Crippen LogP contribution in [0, 0.1) is 6.92 Å². The summed E-state index contributed by atoms with van der Waals surface area (Å²) in [5.74, 6) is 0. The van der Waals surface area contributed by atoms with Gasteiger partial charge >= 0.3 is 0 Å². The summed E-state index contributed by atoms with van der Waals surface area (Å²) in [6, 6.07) is 5.41. The van der Waals surface area contributed by atoms with Gasteiger partial charge in [0.2, 0.25) is 0 Å². The third kappa shape index (κ3) is 2.74. The summed E-state index contributed by atoms with van der Waals surface area (Å²) in [4.78, 5) is 0.922. The second-order valence-corrected chi connectivity index (χ2v) is 6.01. The molecule has 0 unspecified atom stereocenters. The van der Waals surface area contributed by atoms with E-state index in [2.05, 4.69) is 10.2 Å². The Morgan fingerprint density at radius 1 is 1.44 bits per heavy atom. The molecular formula is C10H9ClN2OS2. The molecule has 0 saturated carbocycles. The van der Waals surface area contributed by atoms with Gasteiger partial charge in [-0.3, -0.25) is 0 Å². The molecule has 84 valence electrons. The number of nitrogens with zero attached hydrogens (tertiary/aromatic N) is 2. The zero-order valence-corrected chi connectivity index (χ0v) is 10.9. The average molecular weight is 273 g/mol. The van der Waals surface area contributed by atoms with E-state index >= 15 is 0 Å². The van der Waals surface area contributed by atoms with Crippen LogP contribution in [0.5, 0.6) is 0 Å². The lowest BCUT2D eigenvalue weighted by molar-refractivity contribution is 0.279. The fourth-order valence-electron chi connectivity index (χ4n) is 1.17. The van der Waals surface area contributed by atoms with Crippen LogP contribution >= 0.6 is 34.7 Å². The third-order valence-corrected chi connectivity index (χ3v) is 4.13. The number of aliphatic hydroxyl groups is 1. The van der Waals surface area contributed by atoms with E-state index in [0.29, 0.717) is 5.02 Å². The molecule has 0 bridgehead atoms. The van der Waals surface area contributed by atoms with Crippen molar-refractivity contribution >= 4 is 34.7 Å². The molecule has 1 N–H and O–H groups in total. The smallest absolute Gasteiger partial charge is 0.179 e. The van der Waals surface area contributed by atoms with Crippen molar-refractivity contribution in [3.63, 3.8) is 0 Å². The van der Waals surface area contributed by atoms with Gasteiger partial charge < -0.3 is 5.11 Å². The van der Waals surface area contributed by atoms with Crippen LogP contribution in [0.3, 0.4) is 0 Å². The Balaban J connectivity index is 2.29. The largest absolute Gasteiger partial charge is 0.392 e. The van der Waals surface area contributed by atoms with Crippen LogP contribution in [0.25, 0.3) is 0 Å². The summed E-state index contributed by atoms with van der Waals surface area (Å²) >= 11 is 8.92. The standard InChI is InChI=1S/C10H9ClN2OS2/c1-6-12-13-10(15-6)16-9-4-8(11)3-2-7(9)5-14/h2-4,14H,5H2,1H3. The Kier molecular flexibility index (Phi) is 3.81. The molecule has 1 heterocycles. The summed E-state index contributed by atoms with van der Waals surface area (Å²) in [6.45, 7) is 1.91. The fourth-order valence-corrected chi connectivity index (χ4v) is 3.34. The Bertz CT molecular complexity index is 501. The fraction of sp³-hybridized carbons (Fsp3) is 0.200. The highest BCUT2D eigenvalue weighted by Gasteiger charge is 2.08. The van der Waals surface area contributed by atoms with Crippen LogP contribution in [0.2, 0.25) is 5.02 Å². The Labute approximate surface area is 106 Å². The minimum absolute atomic E-state index is 0.00269. The molecule has 0 amide bonds. The SMILES string of the molecule is Cc1nnc(Sc2cc(Cl)ccc2CO)s1. The Hall–Kier alpha value is -0.620. The van der Waals surface area contributed by atoms with Gasteiger partial charge in [0, 0.05) is 9.92 Å². The quantitative estimate of drug-likeness (QED) is 0.932. The zero-order chi connectivity index (χ0) is 11.5. The maximum Gasteiger partial charge on any atom is 0.179 e. The van der Waals surface area contributed by atoms with Gasteiger partial charge in [-0.1, -0.05) is 40.8 Å². The highest BCUT2D eigenvalue weighted by molar-refractivity contribution is 8.01. The van der Waals surface area contributed by atoms with E-state index in [0.717, 1.165) is 19.8 Å². The minimum Gasteiger partial charge on any atom is -0.392 e. The Morgan fingerprint density at radius 2 is 2.25 bits per heavy atom. The molecule has 1 aromatic carbocycles. The molecule has 0 saturated heterocycles. The number of hydrogen-bond acceptors (Lipinski definition) is 5. The van der Waals surface area contributed by atoms with E-state index in [-0.39, 0.29) is 6.61 Å². The van der Waals surface area contributed by atoms with Crippen molar-refractivity contribution < 1.29 is 5.11 Å². The van der Waals surface area contributed by atoms with Gasteiger partial charge in [-0.05, 0) is 24.6 Å². The molecule has 0 aliphatic heterocycles. The summed E-state index contributed by atoms with van der Waals surface area (Å²) < 4.78 is 0.856. The lowest BCUT2D eigenvalue weighted by Crippen LogP contribution is -1.87. The molecule has 0 atom stereocenters. The van der Waals surface area contributed by atoms with E-state index in [9.17, 15) is 5.11 Å². The number of aromatic nitrogens is 2. The van der Waals surface area contributed by atoms with Crippen LogP contribution in [0.1, 0.15) is 10.6 Å². The summed E-state index contributed by atoms with van der Waals surface area (Å²) in [7, 11) is 0. The Morgan fingerprint density at radius 3 is 2.88 bits per heavy atom. The average Bonchev–Trinajstić information content (AvgIpc) is 2.64. The number of aliphatic hydroxyl groups excluding tert-OH is 1. The van der Waals surface area contributed by atoms with Crippen molar-refractivity contribution in [1.29, 1.82) is 0 Å². The highest BCUT2D eigenvalue weighted by Crippen LogP contribution is 2.33. The molecule has 0 spiro atoms. The van der Waals surface area contributed by atoms with E-state index in [1.165, 1.54) is 23.1 Å². The minimum atomic E-state index is -0.00269. The predicted octanol–water partition coefficient (Wildman–Crippen LogP) is 3.14. The number of aryl methyl sites for hydroxylation is 1. The maximum atomic E-state index is 9.20. The number of benzene rings is 1. The van der Waals surface area contributed by atoms with Crippen LogP contribution in [0.15, 0.2) is 27.4 Å². The maximum absolute atomic E-state index is 9.20. The second-order valence-electron chi connectivity index (χ2n) is 3.10. The van der Waals surface area contributed by atoms with Crippen molar-refractivity contribution in [1.82, 2.24) is 10.2 Å². The van der Waals surface area contributed by atoms with Crippen LogP contribution in [-0.4, -0.2) is 15.3 Å². The molecule has 3 nitrogen and oxygen atoms in total. The van der Waals surface area contributed by atoms with Gasteiger partial charge in [-0.25, -0.2) is 0 Å². The van der Waals surface area contributed by atoms with E-state index in [1.807, 2.05) is 19.1 Å². The predicted molar refractivity (Wildman–Crippen MR) is 66.1 cm³/mol. The van der Waals surface area contributed by atoms with Crippen molar-refractivity contribution in [2.45, 2.75) is 22.8 Å². The van der Waals surface area contributed by atoms with Gasteiger partial charge in [0.25, 0.3) is 0 Å². The number of halogens is 1. The van der Waals surface area contributed by atoms with Crippen molar-refractivity contribution in [2.75, 3.05) is 0 Å². The van der Waals surface area contributed by atoms with E-state index < -0.39 is 0 Å². The molecule has 0 aliphatic carbocycles. The van der Waals surface area contributed by atoms with Crippen molar-refractivity contribution in [3.05, 3.63) is 33.8 Å². The van der Waals surface area contributed by atoms with Crippen LogP contribution < -0.4 is 0 Å². The molecule has 6 heteroatoms. The molecule has 2 aromatic rings. The first-order chi connectivity index (χ1) is 7.69. The van der Waals surface area contributed by atoms with Crippen LogP contribution in [0.4, 0.5) is 0 Å². The lowest BCUT2D eigenvalue weighted by atomic mass is 10.2. The first kappa shape index (κ1) is 11.9. The van der Waals surface area contributed by atoms with Gasteiger partial charge in [-0.2, -0.15) is 0 Å².